The number of hydrogen-bond donors (Lipinski definition) is 2. The lowest BCUT2D eigenvalue weighted by Crippen LogP contribution is -2.46. The summed E-state index contributed by atoms with van der Waals surface area (Å²) < 4.78 is 0. The van der Waals surface area contributed by atoms with Crippen LogP contribution in [0.4, 0.5) is 0 Å². The molecule has 0 saturated heterocycles. The number of carbonyl (C=O) groups is 1. The molecular formula is C13H27ClN2O. The normalized spacial score (nSPS) is 17.2. The van der Waals surface area contributed by atoms with Crippen LogP contribution in [0.25, 0.3) is 0 Å². The minimum Gasteiger partial charge on any atom is -0.356 e. The first-order valence-corrected chi connectivity index (χ1v) is 6.53. The summed E-state index contributed by atoms with van der Waals surface area (Å²) in [5.74, 6) is 0.909. The summed E-state index contributed by atoms with van der Waals surface area (Å²) in [6.07, 6.45) is 5.45. The van der Waals surface area contributed by atoms with Gasteiger partial charge in [0.2, 0.25) is 5.91 Å². The molecule has 1 saturated carbocycles. The Balaban J connectivity index is 0.00000256. The Bertz CT molecular complexity index is 227. The summed E-state index contributed by atoms with van der Waals surface area (Å²) in [5.41, 5.74) is -0.0200. The third kappa shape index (κ3) is 4.84. The van der Waals surface area contributed by atoms with Crippen LogP contribution in [0.3, 0.4) is 0 Å². The number of hydrogen-bond acceptors (Lipinski definition) is 2. The average Bonchev–Trinajstić information content (AvgIpc) is 2.17. The highest BCUT2D eigenvalue weighted by Crippen LogP contribution is 2.46. The van der Waals surface area contributed by atoms with E-state index in [4.69, 9.17) is 0 Å². The minimum absolute atomic E-state index is 0. The van der Waals surface area contributed by atoms with Crippen LogP contribution in [-0.4, -0.2) is 26.0 Å². The second-order valence-electron chi connectivity index (χ2n) is 5.44. The highest BCUT2D eigenvalue weighted by atomic mass is 35.5. The van der Waals surface area contributed by atoms with Gasteiger partial charge in [0.25, 0.3) is 0 Å². The molecule has 17 heavy (non-hydrogen) atoms. The second kappa shape index (κ2) is 7.93. The second-order valence-corrected chi connectivity index (χ2v) is 5.44. The van der Waals surface area contributed by atoms with Crippen LogP contribution >= 0.6 is 12.4 Å². The van der Waals surface area contributed by atoms with Crippen molar-refractivity contribution in [3.8, 4) is 0 Å². The van der Waals surface area contributed by atoms with Crippen LogP contribution in [0.1, 0.15) is 46.0 Å². The molecule has 1 fully saturated rings. The van der Waals surface area contributed by atoms with Gasteiger partial charge in [0.1, 0.15) is 0 Å². The molecule has 4 heteroatoms. The number of halogens is 1. The lowest BCUT2D eigenvalue weighted by molar-refractivity contribution is -0.137. The summed E-state index contributed by atoms with van der Waals surface area (Å²) in [6.45, 7) is 6.18. The Morgan fingerprint density at radius 2 is 1.94 bits per heavy atom. The van der Waals surface area contributed by atoms with E-state index in [2.05, 4.69) is 24.5 Å². The van der Waals surface area contributed by atoms with Crippen LogP contribution in [0.2, 0.25) is 0 Å². The topological polar surface area (TPSA) is 41.1 Å². The Kier molecular flexibility index (Phi) is 7.80. The molecule has 0 spiro atoms. The molecule has 0 aliphatic heterocycles. The lowest BCUT2D eigenvalue weighted by Gasteiger charge is -2.41. The first-order valence-electron chi connectivity index (χ1n) is 6.53. The predicted molar refractivity (Wildman–Crippen MR) is 74.5 cm³/mol. The van der Waals surface area contributed by atoms with E-state index in [0.717, 1.165) is 38.8 Å². The van der Waals surface area contributed by atoms with E-state index in [0.29, 0.717) is 11.8 Å². The zero-order chi connectivity index (χ0) is 12.0. The van der Waals surface area contributed by atoms with Crippen LogP contribution in [0, 0.1) is 11.3 Å². The number of amides is 1. The largest absolute Gasteiger partial charge is 0.356 e. The van der Waals surface area contributed by atoms with Crippen molar-refractivity contribution in [2.24, 2.45) is 11.3 Å². The number of rotatable bonds is 7. The molecule has 0 unspecified atom stereocenters. The van der Waals surface area contributed by atoms with Crippen molar-refractivity contribution in [3.05, 3.63) is 0 Å². The van der Waals surface area contributed by atoms with Crippen molar-refractivity contribution in [1.29, 1.82) is 0 Å². The Labute approximate surface area is 112 Å². The van der Waals surface area contributed by atoms with Gasteiger partial charge in [-0.1, -0.05) is 20.3 Å². The fourth-order valence-electron chi connectivity index (χ4n) is 2.56. The van der Waals surface area contributed by atoms with Gasteiger partial charge in [0.05, 0.1) is 0 Å². The average molecular weight is 263 g/mol. The van der Waals surface area contributed by atoms with E-state index in [1.807, 2.05) is 7.05 Å². The third-order valence-electron chi connectivity index (χ3n) is 3.48. The lowest BCUT2D eigenvalue weighted by atomic mass is 9.64. The molecule has 0 aromatic rings. The number of nitrogens with one attached hydrogen (secondary N) is 2. The quantitative estimate of drug-likeness (QED) is 0.692. The molecule has 0 aromatic heterocycles. The maximum atomic E-state index is 12.1. The van der Waals surface area contributed by atoms with Crippen LogP contribution in [-0.2, 0) is 4.79 Å². The minimum atomic E-state index is -0.0200. The van der Waals surface area contributed by atoms with Gasteiger partial charge in [-0.2, -0.15) is 0 Å². The highest BCUT2D eigenvalue weighted by Gasteiger charge is 2.43. The molecular weight excluding hydrogens is 236 g/mol. The zero-order valence-corrected chi connectivity index (χ0v) is 12.2. The Hall–Kier alpha value is -0.280. The first kappa shape index (κ1) is 16.7. The SMILES string of the molecule is CNCCCNC(=O)C1(CC(C)C)CCC1.Cl. The van der Waals surface area contributed by atoms with Crippen molar-refractivity contribution in [1.82, 2.24) is 10.6 Å². The van der Waals surface area contributed by atoms with Gasteiger partial charge in [-0.25, -0.2) is 0 Å². The molecule has 0 bridgehead atoms. The van der Waals surface area contributed by atoms with E-state index in [9.17, 15) is 4.79 Å². The van der Waals surface area contributed by atoms with Crippen molar-refractivity contribution in [2.45, 2.75) is 46.0 Å². The van der Waals surface area contributed by atoms with Crippen molar-refractivity contribution < 1.29 is 4.79 Å². The predicted octanol–water partition coefficient (Wildman–Crippen LogP) is 2.35. The molecule has 1 aliphatic carbocycles. The van der Waals surface area contributed by atoms with Gasteiger partial charge < -0.3 is 10.6 Å². The fourth-order valence-corrected chi connectivity index (χ4v) is 2.56. The molecule has 0 atom stereocenters. The Morgan fingerprint density at radius 3 is 2.35 bits per heavy atom. The van der Waals surface area contributed by atoms with Crippen LogP contribution < -0.4 is 10.6 Å². The summed E-state index contributed by atoms with van der Waals surface area (Å²) in [5, 5.41) is 6.18. The first-order chi connectivity index (χ1) is 7.60. The van der Waals surface area contributed by atoms with E-state index < -0.39 is 0 Å². The van der Waals surface area contributed by atoms with E-state index in [-0.39, 0.29) is 17.8 Å². The third-order valence-corrected chi connectivity index (χ3v) is 3.48. The van der Waals surface area contributed by atoms with Gasteiger partial charge in [-0.15, -0.1) is 12.4 Å². The van der Waals surface area contributed by atoms with E-state index >= 15 is 0 Å². The Morgan fingerprint density at radius 1 is 1.29 bits per heavy atom. The van der Waals surface area contributed by atoms with Crippen molar-refractivity contribution >= 4 is 18.3 Å². The van der Waals surface area contributed by atoms with Crippen LogP contribution in [0.5, 0.6) is 0 Å². The maximum Gasteiger partial charge on any atom is 0.226 e. The van der Waals surface area contributed by atoms with Gasteiger partial charge in [-0.3, -0.25) is 4.79 Å². The maximum absolute atomic E-state index is 12.1. The molecule has 0 radical (unpaired) electrons. The molecule has 1 aliphatic rings. The molecule has 0 aromatic carbocycles. The fraction of sp³-hybridized carbons (Fsp3) is 0.923. The highest BCUT2D eigenvalue weighted by molar-refractivity contribution is 5.85. The van der Waals surface area contributed by atoms with Crippen LogP contribution in [0.15, 0.2) is 0 Å². The van der Waals surface area contributed by atoms with Gasteiger partial charge in [-0.05, 0) is 45.2 Å². The van der Waals surface area contributed by atoms with Gasteiger partial charge >= 0.3 is 0 Å². The van der Waals surface area contributed by atoms with Gasteiger partial charge in [0, 0.05) is 12.0 Å². The molecule has 102 valence electrons. The van der Waals surface area contributed by atoms with Crippen molar-refractivity contribution in [2.75, 3.05) is 20.1 Å². The zero-order valence-electron chi connectivity index (χ0n) is 11.3. The van der Waals surface area contributed by atoms with E-state index in [1.54, 1.807) is 0 Å². The van der Waals surface area contributed by atoms with Gasteiger partial charge in [0.15, 0.2) is 0 Å². The molecule has 3 nitrogen and oxygen atoms in total. The number of carbonyl (C=O) groups excluding carboxylic acids is 1. The summed E-state index contributed by atoms with van der Waals surface area (Å²) in [7, 11) is 1.94. The summed E-state index contributed by atoms with van der Waals surface area (Å²) >= 11 is 0. The standard InChI is InChI=1S/C13H26N2O.ClH/c1-11(2)10-13(6-4-7-13)12(16)15-9-5-8-14-3;/h11,14H,4-10H2,1-3H3,(H,15,16);1H. The summed E-state index contributed by atoms with van der Waals surface area (Å²) in [4.78, 5) is 12.1. The summed E-state index contributed by atoms with van der Waals surface area (Å²) in [6, 6.07) is 0. The molecule has 0 heterocycles. The van der Waals surface area contributed by atoms with E-state index in [1.165, 1.54) is 6.42 Å². The molecule has 1 amide bonds. The monoisotopic (exact) mass is 262 g/mol. The molecule has 2 N–H and O–H groups in total. The molecule has 1 rings (SSSR count). The van der Waals surface area contributed by atoms with Crippen molar-refractivity contribution in [3.63, 3.8) is 0 Å². The smallest absolute Gasteiger partial charge is 0.226 e.